The van der Waals surface area contributed by atoms with Crippen LogP contribution in [0.15, 0.2) is 0 Å². The molecule has 6 heteroatoms. The van der Waals surface area contributed by atoms with Gasteiger partial charge in [0.25, 0.3) is 5.91 Å². The van der Waals surface area contributed by atoms with E-state index in [1.54, 1.807) is 11.8 Å². The largest absolute Gasteiger partial charge is 0.325 e. The fourth-order valence-corrected chi connectivity index (χ4v) is 2.62. The average molecular weight is 243 g/mol. The molecule has 0 aromatic rings. The van der Waals surface area contributed by atoms with E-state index in [4.69, 9.17) is 0 Å². The first-order valence-corrected chi connectivity index (χ1v) is 6.93. The summed E-state index contributed by atoms with van der Waals surface area (Å²) in [6.07, 6.45) is 3.65. The monoisotopic (exact) mass is 243 g/mol. The molecular weight excluding hydrogens is 226 g/mol. The zero-order valence-corrected chi connectivity index (χ0v) is 10.2. The van der Waals surface area contributed by atoms with Crippen LogP contribution in [0.5, 0.6) is 0 Å². The number of hydrogen-bond acceptors (Lipinski definition) is 4. The van der Waals surface area contributed by atoms with Crippen molar-refractivity contribution < 1.29 is 9.59 Å². The summed E-state index contributed by atoms with van der Waals surface area (Å²) >= 11 is 1.64. The predicted octanol–water partition coefficient (Wildman–Crippen LogP) is 0.0234. The molecule has 2 heterocycles. The number of thioether (sulfide) groups is 1. The predicted molar refractivity (Wildman–Crippen MR) is 63.5 cm³/mol. The van der Waals surface area contributed by atoms with Crippen LogP contribution in [-0.2, 0) is 4.79 Å². The van der Waals surface area contributed by atoms with Gasteiger partial charge in [-0.3, -0.25) is 9.69 Å². The van der Waals surface area contributed by atoms with E-state index in [1.807, 2.05) is 6.26 Å². The van der Waals surface area contributed by atoms with Gasteiger partial charge in [0.1, 0.15) is 5.54 Å². The Morgan fingerprint density at radius 1 is 1.50 bits per heavy atom. The van der Waals surface area contributed by atoms with Crippen LogP contribution in [0.3, 0.4) is 0 Å². The average Bonchev–Trinajstić information content (AvgIpc) is 2.50. The molecule has 90 valence electrons. The van der Waals surface area contributed by atoms with E-state index in [2.05, 4.69) is 10.6 Å². The van der Waals surface area contributed by atoms with Crippen molar-refractivity contribution in [2.75, 3.05) is 31.6 Å². The Kier molecular flexibility index (Phi) is 3.39. The lowest BCUT2D eigenvalue weighted by atomic mass is 9.90. The van der Waals surface area contributed by atoms with Crippen molar-refractivity contribution in [1.82, 2.24) is 15.5 Å². The van der Waals surface area contributed by atoms with Crippen molar-refractivity contribution in [3.63, 3.8) is 0 Å². The molecule has 0 aromatic heterocycles. The van der Waals surface area contributed by atoms with E-state index < -0.39 is 5.54 Å². The number of urea groups is 1. The number of rotatable bonds is 3. The first kappa shape index (κ1) is 11.7. The SMILES string of the molecule is CSCCN1C(=O)NC2(CCCNC2)C1=O. The van der Waals surface area contributed by atoms with Gasteiger partial charge >= 0.3 is 6.03 Å². The van der Waals surface area contributed by atoms with Crippen LogP contribution in [-0.4, -0.2) is 54.0 Å². The number of nitrogens with zero attached hydrogens (tertiary/aromatic N) is 1. The lowest BCUT2D eigenvalue weighted by Gasteiger charge is -2.31. The standard InChI is InChI=1S/C10H17N3O2S/c1-16-6-5-13-8(14)10(12-9(13)15)3-2-4-11-7-10/h11H,2-7H2,1H3,(H,12,15). The highest BCUT2D eigenvalue weighted by Crippen LogP contribution is 2.24. The van der Waals surface area contributed by atoms with E-state index in [0.717, 1.165) is 25.1 Å². The van der Waals surface area contributed by atoms with Gasteiger partial charge in [-0.2, -0.15) is 11.8 Å². The molecule has 0 bridgehead atoms. The number of piperidine rings is 1. The lowest BCUT2D eigenvalue weighted by Crippen LogP contribution is -2.57. The maximum atomic E-state index is 12.2. The zero-order chi connectivity index (χ0) is 11.6. The molecule has 1 spiro atoms. The van der Waals surface area contributed by atoms with Crippen LogP contribution in [0, 0.1) is 0 Å². The Hall–Kier alpha value is -0.750. The number of carbonyl (C=O) groups is 2. The Morgan fingerprint density at radius 2 is 2.31 bits per heavy atom. The summed E-state index contributed by atoms with van der Waals surface area (Å²) in [5.41, 5.74) is -0.659. The number of hydrogen-bond donors (Lipinski definition) is 2. The molecule has 0 aliphatic carbocycles. The van der Waals surface area contributed by atoms with Crippen LogP contribution in [0.4, 0.5) is 4.79 Å². The third kappa shape index (κ3) is 1.91. The molecule has 3 amide bonds. The van der Waals surface area contributed by atoms with E-state index in [-0.39, 0.29) is 11.9 Å². The van der Waals surface area contributed by atoms with Crippen molar-refractivity contribution in [1.29, 1.82) is 0 Å². The van der Waals surface area contributed by atoms with Gasteiger partial charge in [-0.1, -0.05) is 0 Å². The van der Waals surface area contributed by atoms with Crippen molar-refractivity contribution in [3.8, 4) is 0 Å². The molecule has 2 N–H and O–H groups in total. The van der Waals surface area contributed by atoms with Crippen molar-refractivity contribution in [2.45, 2.75) is 18.4 Å². The van der Waals surface area contributed by atoms with Gasteiger partial charge in [0.15, 0.2) is 0 Å². The molecule has 2 rings (SSSR count). The third-order valence-corrected chi connectivity index (χ3v) is 3.74. The second-order valence-electron chi connectivity index (χ2n) is 4.24. The van der Waals surface area contributed by atoms with Crippen LogP contribution in [0.1, 0.15) is 12.8 Å². The van der Waals surface area contributed by atoms with Crippen molar-refractivity contribution >= 4 is 23.7 Å². The summed E-state index contributed by atoms with van der Waals surface area (Å²) in [4.78, 5) is 25.3. The number of amides is 3. The van der Waals surface area contributed by atoms with Crippen LogP contribution in [0.2, 0.25) is 0 Å². The minimum Gasteiger partial charge on any atom is -0.322 e. The van der Waals surface area contributed by atoms with Gasteiger partial charge in [-0.15, -0.1) is 0 Å². The summed E-state index contributed by atoms with van der Waals surface area (Å²) in [5, 5.41) is 6.02. The zero-order valence-electron chi connectivity index (χ0n) is 9.41. The maximum Gasteiger partial charge on any atom is 0.325 e. The van der Waals surface area contributed by atoms with Gasteiger partial charge in [0.05, 0.1) is 0 Å². The Balaban J connectivity index is 2.08. The molecule has 0 radical (unpaired) electrons. The Morgan fingerprint density at radius 3 is 2.94 bits per heavy atom. The molecule has 1 unspecified atom stereocenters. The van der Waals surface area contributed by atoms with Gasteiger partial charge in [0.2, 0.25) is 0 Å². The molecule has 16 heavy (non-hydrogen) atoms. The molecule has 2 aliphatic rings. The summed E-state index contributed by atoms with van der Waals surface area (Å²) in [5.74, 6) is 0.738. The fraction of sp³-hybridized carbons (Fsp3) is 0.800. The summed E-state index contributed by atoms with van der Waals surface area (Å²) in [7, 11) is 0. The first-order chi connectivity index (χ1) is 7.69. The van der Waals surface area contributed by atoms with Crippen molar-refractivity contribution in [3.05, 3.63) is 0 Å². The van der Waals surface area contributed by atoms with Gasteiger partial charge in [-0.05, 0) is 25.6 Å². The Bertz CT molecular complexity index is 302. The summed E-state index contributed by atoms with van der Waals surface area (Å²) < 4.78 is 0. The summed E-state index contributed by atoms with van der Waals surface area (Å²) in [6.45, 7) is 2.00. The first-order valence-electron chi connectivity index (χ1n) is 5.53. The highest BCUT2D eigenvalue weighted by molar-refractivity contribution is 7.98. The molecule has 0 saturated carbocycles. The van der Waals surface area contributed by atoms with Gasteiger partial charge in [0, 0.05) is 18.8 Å². The molecule has 2 fully saturated rings. The highest BCUT2D eigenvalue weighted by atomic mass is 32.2. The molecule has 0 aromatic carbocycles. The minimum atomic E-state index is -0.659. The summed E-state index contributed by atoms with van der Waals surface area (Å²) in [6, 6.07) is -0.234. The Labute approximate surface area is 99.3 Å². The maximum absolute atomic E-state index is 12.2. The number of imide groups is 1. The minimum absolute atomic E-state index is 0.0567. The van der Waals surface area contributed by atoms with E-state index in [0.29, 0.717) is 13.1 Å². The second-order valence-corrected chi connectivity index (χ2v) is 5.23. The van der Waals surface area contributed by atoms with Crippen LogP contribution < -0.4 is 10.6 Å². The fourth-order valence-electron chi connectivity index (χ4n) is 2.26. The lowest BCUT2D eigenvalue weighted by molar-refractivity contribution is -0.131. The van der Waals surface area contributed by atoms with Crippen molar-refractivity contribution in [2.24, 2.45) is 0 Å². The number of nitrogens with one attached hydrogen (secondary N) is 2. The normalized spacial score (nSPS) is 29.9. The molecule has 1 atom stereocenters. The van der Waals surface area contributed by atoms with E-state index in [1.165, 1.54) is 4.90 Å². The quantitative estimate of drug-likeness (QED) is 0.686. The smallest absolute Gasteiger partial charge is 0.322 e. The molecule has 2 saturated heterocycles. The van der Waals surface area contributed by atoms with Crippen LogP contribution >= 0.6 is 11.8 Å². The molecule has 2 aliphatic heterocycles. The molecular formula is C10H17N3O2S. The molecule has 5 nitrogen and oxygen atoms in total. The number of carbonyl (C=O) groups excluding carboxylic acids is 2. The highest BCUT2D eigenvalue weighted by Gasteiger charge is 2.51. The van der Waals surface area contributed by atoms with E-state index >= 15 is 0 Å². The van der Waals surface area contributed by atoms with Gasteiger partial charge < -0.3 is 10.6 Å². The third-order valence-electron chi connectivity index (χ3n) is 3.15. The van der Waals surface area contributed by atoms with Crippen LogP contribution in [0.25, 0.3) is 0 Å². The van der Waals surface area contributed by atoms with Gasteiger partial charge in [-0.25, -0.2) is 4.79 Å². The topological polar surface area (TPSA) is 61.4 Å². The second kappa shape index (κ2) is 4.63. The van der Waals surface area contributed by atoms with E-state index in [9.17, 15) is 9.59 Å².